The van der Waals surface area contributed by atoms with Gasteiger partial charge in [-0.15, -0.1) is 35.9 Å². The molecule has 2 aromatic carbocycles. The van der Waals surface area contributed by atoms with Crippen molar-refractivity contribution in [2.45, 2.75) is 30.6 Å². The molecule has 0 fully saturated rings. The lowest BCUT2D eigenvalue weighted by atomic mass is 10.2. The van der Waals surface area contributed by atoms with E-state index in [-0.39, 0.29) is 18.3 Å². The Labute approximate surface area is 204 Å². The highest BCUT2D eigenvalue weighted by Gasteiger charge is 2.22. The molecular formula is C23H30ClN3OS3. The molecular weight excluding hydrogens is 466 g/mol. The Morgan fingerprint density at radius 2 is 1.81 bits per heavy atom. The number of benzene rings is 2. The Bertz CT molecular complexity index is 991. The number of aromatic nitrogens is 1. The minimum absolute atomic E-state index is 0. The SMILES string of the molecule is CCSc1cccc(C(=O)N(CCN(CC)CC)c2nc3ccc(SC)cc3s2)c1.Cl. The van der Waals surface area contributed by atoms with E-state index in [2.05, 4.69) is 50.1 Å². The monoisotopic (exact) mass is 495 g/mol. The fourth-order valence-electron chi connectivity index (χ4n) is 3.24. The summed E-state index contributed by atoms with van der Waals surface area (Å²) in [5.41, 5.74) is 1.67. The molecule has 4 nitrogen and oxygen atoms in total. The van der Waals surface area contributed by atoms with Crippen LogP contribution in [0.25, 0.3) is 10.2 Å². The molecule has 3 rings (SSSR count). The van der Waals surface area contributed by atoms with Gasteiger partial charge in [0.25, 0.3) is 5.91 Å². The molecule has 0 saturated heterocycles. The fraction of sp³-hybridized carbons (Fsp3) is 0.391. The second-order valence-electron chi connectivity index (χ2n) is 6.77. The van der Waals surface area contributed by atoms with Gasteiger partial charge in [-0.05, 0) is 61.5 Å². The molecule has 0 unspecified atom stereocenters. The van der Waals surface area contributed by atoms with Crippen molar-refractivity contribution >= 4 is 68.5 Å². The number of carbonyl (C=O) groups excluding carboxylic acids is 1. The van der Waals surface area contributed by atoms with E-state index in [1.54, 1.807) is 34.9 Å². The van der Waals surface area contributed by atoms with Crippen LogP contribution in [-0.2, 0) is 0 Å². The Balaban J connectivity index is 0.00000341. The lowest BCUT2D eigenvalue weighted by Gasteiger charge is -2.25. The average Bonchev–Trinajstić information content (AvgIpc) is 3.19. The molecule has 0 radical (unpaired) electrons. The van der Waals surface area contributed by atoms with Crippen molar-refractivity contribution in [3.05, 3.63) is 48.0 Å². The van der Waals surface area contributed by atoms with Crippen LogP contribution in [0.3, 0.4) is 0 Å². The summed E-state index contributed by atoms with van der Waals surface area (Å²) in [6.45, 7) is 9.83. The molecule has 168 valence electrons. The van der Waals surface area contributed by atoms with E-state index < -0.39 is 0 Å². The molecule has 0 aliphatic rings. The Morgan fingerprint density at radius 3 is 2.48 bits per heavy atom. The molecule has 0 spiro atoms. The lowest BCUT2D eigenvalue weighted by Crippen LogP contribution is -2.38. The first-order valence-corrected chi connectivity index (χ1v) is 13.3. The maximum atomic E-state index is 13.6. The van der Waals surface area contributed by atoms with Crippen molar-refractivity contribution in [1.82, 2.24) is 9.88 Å². The quantitative estimate of drug-likeness (QED) is 0.298. The maximum Gasteiger partial charge on any atom is 0.260 e. The minimum atomic E-state index is 0. The van der Waals surface area contributed by atoms with Crippen LogP contribution in [0.2, 0.25) is 0 Å². The minimum Gasteiger partial charge on any atom is -0.302 e. The zero-order chi connectivity index (χ0) is 21.5. The summed E-state index contributed by atoms with van der Waals surface area (Å²) in [5, 5.41) is 0.772. The van der Waals surface area contributed by atoms with Gasteiger partial charge in [0.15, 0.2) is 5.13 Å². The van der Waals surface area contributed by atoms with Crippen LogP contribution in [0.5, 0.6) is 0 Å². The Hall–Kier alpha value is -1.25. The number of rotatable bonds is 10. The lowest BCUT2D eigenvalue weighted by molar-refractivity contribution is 0.0983. The predicted octanol–water partition coefficient (Wildman–Crippen LogP) is 6.54. The van der Waals surface area contributed by atoms with E-state index in [9.17, 15) is 4.79 Å². The first-order chi connectivity index (χ1) is 14.6. The molecule has 31 heavy (non-hydrogen) atoms. The largest absolute Gasteiger partial charge is 0.302 e. The second-order valence-corrected chi connectivity index (χ2v) is 10.0. The molecule has 1 aromatic heterocycles. The first-order valence-electron chi connectivity index (χ1n) is 10.3. The molecule has 0 saturated carbocycles. The van der Waals surface area contributed by atoms with Crippen molar-refractivity contribution in [2.75, 3.05) is 43.1 Å². The molecule has 1 amide bonds. The van der Waals surface area contributed by atoms with Crippen LogP contribution in [0.15, 0.2) is 52.3 Å². The average molecular weight is 496 g/mol. The smallest absolute Gasteiger partial charge is 0.260 e. The van der Waals surface area contributed by atoms with Gasteiger partial charge in [0, 0.05) is 28.4 Å². The number of hydrogen-bond acceptors (Lipinski definition) is 6. The van der Waals surface area contributed by atoms with Gasteiger partial charge in [0.2, 0.25) is 0 Å². The van der Waals surface area contributed by atoms with E-state index in [1.165, 1.54) is 4.90 Å². The third-order valence-electron chi connectivity index (χ3n) is 4.99. The number of halogens is 1. The van der Waals surface area contributed by atoms with Crippen LogP contribution in [0, 0.1) is 0 Å². The van der Waals surface area contributed by atoms with E-state index in [0.717, 1.165) is 51.2 Å². The van der Waals surface area contributed by atoms with Crippen molar-refractivity contribution in [2.24, 2.45) is 0 Å². The highest BCUT2D eigenvalue weighted by Crippen LogP contribution is 2.32. The second kappa shape index (κ2) is 12.7. The van der Waals surface area contributed by atoms with Gasteiger partial charge in [-0.3, -0.25) is 9.69 Å². The van der Waals surface area contributed by atoms with E-state index in [1.807, 2.05) is 29.2 Å². The van der Waals surface area contributed by atoms with Gasteiger partial charge in [0.1, 0.15) is 0 Å². The molecule has 8 heteroatoms. The summed E-state index contributed by atoms with van der Waals surface area (Å²) >= 11 is 5.07. The van der Waals surface area contributed by atoms with Crippen molar-refractivity contribution in [1.29, 1.82) is 0 Å². The number of thioether (sulfide) groups is 2. The van der Waals surface area contributed by atoms with Gasteiger partial charge in [-0.2, -0.15) is 0 Å². The van der Waals surface area contributed by atoms with Crippen LogP contribution in [0.4, 0.5) is 5.13 Å². The van der Waals surface area contributed by atoms with Gasteiger partial charge >= 0.3 is 0 Å². The van der Waals surface area contributed by atoms with Crippen molar-refractivity contribution in [3.63, 3.8) is 0 Å². The Kier molecular flexibility index (Phi) is 10.7. The first kappa shape index (κ1) is 26.0. The number of likely N-dealkylation sites (N-methyl/N-ethyl adjacent to an activating group) is 1. The summed E-state index contributed by atoms with van der Waals surface area (Å²) in [7, 11) is 0. The molecule has 1 heterocycles. The van der Waals surface area contributed by atoms with E-state index in [4.69, 9.17) is 4.98 Å². The summed E-state index contributed by atoms with van der Waals surface area (Å²) in [5.74, 6) is 1.00. The number of anilines is 1. The van der Waals surface area contributed by atoms with Gasteiger partial charge < -0.3 is 4.90 Å². The number of nitrogens with zero attached hydrogens (tertiary/aromatic N) is 3. The highest BCUT2D eigenvalue weighted by atomic mass is 35.5. The molecule has 3 aromatic rings. The molecule has 0 N–H and O–H groups in total. The van der Waals surface area contributed by atoms with Crippen LogP contribution < -0.4 is 4.90 Å². The number of fused-ring (bicyclic) bond motifs is 1. The zero-order valence-electron chi connectivity index (χ0n) is 18.5. The van der Waals surface area contributed by atoms with Crippen molar-refractivity contribution in [3.8, 4) is 0 Å². The summed E-state index contributed by atoms with van der Waals surface area (Å²) in [6.07, 6.45) is 2.07. The molecule has 0 aliphatic heterocycles. The third-order valence-corrected chi connectivity index (χ3v) is 7.63. The molecule has 0 aliphatic carbocycles. The summed E-state index contributed by atoms with van der Waals surface area (Å²) < 4.78 is 1.12. The van der Waals surface area contributed by atoms with Gasteiger partial charge in [0.05, 0.1) is 10.2 Å². The number of carbonyl (C=O) groups is 1. The zero-order valence-corrected chi connectivity index (χ0v) is 21.7. The summed E-state index contributed by atoms with van der Waals surface area (Å²) in [6, 6.07) is 14.2. The number of hydrogen-bond donors (Lipinski definition) is 0. The van der Waals surface area contributed by atoms with Crippen LogP contribution in [-0.4, -0.2) is 54.0 Å². The standard InChI is InChI=1S/C23H29N3OS3.ClH/c1-5-25(6-2)13-14-26(22(27)17-9-8-10-19(15-17)29-7-3)23-24-20-12-11-18(28-4)16-21(20)30-23;/h8-12,15-16H,5-7,13-14H2,1-4H3;1H. The number of amides is 1. The normalized spacial score (nSPS) is 11.0. The van der Waals surface area contributed by atoms with E-state index in [0.29, 0.717) is 6.54 Å². The Morgan fingerprint density at radius 1 is 1.03 bits per heavy atom. The van der Waals surface area contributed by atoms with Gasteiger partial charge in [-0.25, -0.2) is 4.98 Å². The van der Waals surface area contributed by atoms with Crippen LogP contribution >= 0.6 is 47.3 Å². The fourth-order valence-corrected chi connectivity index (χ4v) is 5.50. The molecule has 0 atom stereocenters. The highest BCUT2D eigenvalue weighted by molar-refractivity contribution is 7.99. The van der Waals surface area contributed by atoms with Gasteiger partial charge in [-0.1, -0.05) is 38.2 Å². The summed E-state index contributed by atoms with van der Waals surface area (Å²) in [4.78, 5) is 24.9. The molecule has 0 bridgehead atoms. The topological polar surface area (TPSA) is 36.4 Å². The van der Waals surface area contributed by atoms with Crippen LogP contribution in [0.1, 0.15) is 31.1 Å². The van der Waals surface area contributed by atoms with E-state index >= 15 is 0 Å². The van der Waals surface area contributed by atoms with Crippen molar-refractivity contribution < 1.29 is 4.79 Å². The maximum absolute atomic E-state index is 13.6. The number of thiazole rings is 1. The predicted molar refractivity (Wildman–Crippen MR) is 141 cm³/mol. The third kappa shape index (κ3) is 6.62.